The van der Waals surface area contributed by atoms with Crippen LogP contribution in [-0.2, 0) is 16.0 Å². The number of anilines is 2. The van der Waals surface area contributed by atoms with E-state index in [1.54, 1.807) is 6.07 Å². The summed E-state index contributed by atoms with van der Waals surface area (Å²) in [5.74, 6) is -0.519. The predicted molar refractivity (Wildman–Crippen MR) is 113 cm³/mol. The van der Waals surface area contributed by atoms with Crippen molar-refractivity contribution in [3.05, 3.63) is 48.2 Å². The van der Waals surface area contributed by atoms with Gasteiger partial charge in [-0.25, -0.2) is 9.97 Å². The summed E-state index contributed by atoms with van der Waals surface area (Å²) in [4.78, 5) is 22.9. The second kappa shape index (κ2) is 8.87. The topological polar surface area (TPSA) is 123 Å². The van der Waals surface area contributed by atoms with Crippen molar-refractivity contribution in [2.45, 2.75) is 18.2 Å². The van der Waals surface area contributed by atoms with Crippen LogP contribution in [0.15, 0.2) is 36.8 Å². The molecule has 3 heterocycles. The van der Waals surface area contributed by atoms with E-state index in [-0.39, 0.29) is 28.4 Å². The first kappa shape index (κ1) is 22.8. The number of carbonyl (C=O) groups is 1. The molecule has 0 spiro atoms. The maximum Gasteiger partial charge on any atom is 0.430 e. The third-order valence-corrected chi connectivity index (χ3v) is 5.55. The Labute approximate surface area is 187 Å². The van der Waals surface area contributed by atoms with Crippen LogP contribution < -0.4 is 20.7 Å². The van der Waals surface area contributed by atoms with Crippen LogP contribution in [-0.4, -0.2) is 65.7 Å². The number of carbonyl (C=O) groups excluding carboxylic acids is 1. The molecule has 0 unspecified atom stereocenters. The molecule has 176 valence electrons. The van der Waals surface area contributed by atoms with Crippen LogP contribution in [0.4, 0.5) is 24.5 Å². The van der Waals surface area contributed by atoms with Crippen LogP contribution in [0.25, 0.3) is 5.57 Å². The van der Waals surface area contributed by atoms with E-state index in [4.69, 9.17) is 15.2 Å². The van der Waals surface area contributed by atoms with E-state index in [1.165, 1.54) is 24.5 Å². The molecule has 4 N–H and O–H groups in total. The normalized spacial score (nSPS) is 20.8. The number of hydrogen-bond donors (Lipinski definition) is 3. The molecule has 2 aliphatic heterocycles. The summed E-state index contributed by atoms with van der Waals surface area (Å²) in [5.41, 5.74) is 3.84. The fourth-order valence-corrected chi connectivity index (χ4v) is 3.78. The van der Waals surface area contributed by atoms with Crippen LogP contribution in [0.3, 0.4) is 0 Å². The molecule has 2 aromatic rings. The lowest BCUT2D eigenvalue weighted by atomic mass is 9.96. The Morgan fingerprint density at radius 1 is 1.27 bits per heavy atom. The maximum atomic E-state index is 13.7. The maximum absolute atomic E-state index is 13.7. The Bertz CT molecular complexity index is 1060. The quantitative estimate of drug-likeness (QED) is 0.568. The van der Waals surface area contributed by atoms with Gasteiger partial charge in [-0.2, -0.15) is 13.2 Å². The van der Waals surface area contributed by atoms with Crippen molar-refractivity contribution in [1.29, 1.82) is 0 Å². The van der Waals surface area contributed by atoms with E-state index in [2.05, 4.69) is 15.3 Å². The Balaban J connectivity index is 1.71. The first-order valence-corrected chi connectivity index (χ1v) is 10.1. The van der Waals surface area contributed by atoms with Crippen molar-refractivity contribution < 1.29 is 32.5 Å². The Morgan fingerprint density at radius 3 is 2.58 bits per heavy atom. The Kier molecular flexibility index (Phi) is 6.13. The van der Waals surface area contributed by atoms with Crippen LogP contribution in [0, 0.1) is 0 Å². The second-order valence-corrected chi connectivity index (χ2v) is 7.61. The fourth-order valence-electron chi connectivity index (χ4n) is 3.78. The van der Waals surface area contributed by atoms with Gasteiger partial charge in [0.25, 0.3) is 5.91 Å². The second-order valence-electron chi connectivity index (χ2n) is 7.61. The molecule has 1 aromatic heterocycles. The number of rotatable bonds is 5. The van der Waals surface area contributed by atoms with Crippen LogP contribution in [0.2, 0.25) is 0 Å². The molecular weight excluding hydrogens is 443 g/mol. The number of nitrogens with one attached hydrogen (secondary N) is 1. The SMILES string of the molecule is NC=C(C(=O)Nc1cc2c(cc1N1CCOCC1)O[C@](CO)(C(F)(F)F)C2)c1ncccn1. The molecule has 0 saturated carbocycles. The summed E-state index contributed by atoms with van der Waals surface area (Å²) >= 11 is 0. The average Bonchev–Trinajstić information content (AvgIpc) is 3.19. The van der Waals surface area contributed by atoms with Gasteiger partial charge in [0, 0.05) is 49.7 Å². The number of halogens is 3. The summed E-state index contributed by atoms with van der Waals surface area (Å²) in [7, 11) is 0. The molecule has 1 saturated heterocycles. The number of hydrogen-bond acceptors (Lipinski definition) is 8. The summed E-state index contributed by atoms with van der Waals surface area (Å²) in [6.45, 7) is 0.534. The van der Waals surface area contributed by atoms with Crippen LogP contribution in [0.1, 0.15) is 11.4 Å². The highest BCUT2D eigenvalue weighted by molar-refractivity contribution is 6.24. The van der Waals surface area contributed by atoms with E-state index in [9.17, 15) is 23.1 Å². The molecule has 0 aliphatic carbocycles. The Morgan fingerprint density at radius 2 is 1.97 bits per heavy atom. The van der Waals surface area contributed by atoms with E-state index in [0.29, 0.717) is 32.0 Å². The van der Waals surface area contributed by atoms with Gasteiger partial charge in [0.1, 0.15) is 5.75 Å². The summed E-state index contributed by atoms with van der Waals surface area (Å²) in [6, 6.07) is 4.46. The number of ether oxygens (including phenoxy) is 2. The zero-order valence-electron chi connectivity index (χ0n) is 17.4. The van der Waals surface area contributed by atoms with Crippen molar-refractivity contribution in [2.75, 3.05) is 43.1 Å². The third-order valence-electron chi connectivity index (χ3n) is 5.55. The average molecular weight is 465 g/mol. The van der Waals surface area contributed by atoms with Gasteiger partial charge >= 0.3 is 6.18 Å². The molecule has 0 radical (unpaired) electrons. The van der Waals surface area contributed by atoms with Crippen molar-refractivity contribution in [3.8, 4) is 5.75 Å². The standard InChI is InChI=1S/C21H22F3N5O4/c22-21(23,24)20(12-30)10-13-8-15(16(9-17(13)33-20)29-4-6-32-7-5-29)28-19(31)14(11-25)18-26-2-1-3-27-18/h1-3,8-9,11,30H,4-7,10,12,25H2,(H,28,31)/t20-/m1/s1. The number of morpholine rings is 1. The van der Waals surface area contributed by atoms with Gasteiger partial charge in [-0.05, 0) is 12.1 Å². The number of fused-ring (bicyclic) bond motifs is 1. The molecule has 0 bridgehead atoms. The first-order valence-electron chi connectivity index (χ1n) is 10.1. The lowest BCUT2D eigenvalue weighted by Crippen LogP contribution is -2.52. The van der Waals surface area contributed by atoms with Crippen molar-refractivity contribution >= 4 is 22.9 Å². The van der Waals surface area contributed by atoms with Crippen LogP contribution in [0.5, 0.6) is 5.75 Å². The highest BCUT2D eigenvalue weighted by Crippen LogP contribution is 2.47. The van der Waals surface area contributed by atoms with Gasteiger partial charge in [0.15, 0.2) is 5.82 Å². The molecule has 2 aliphatic rings. The molecule has 4 rings (SSSR count). The number of nitrogens with two attached hydrogens (primary N) is 1. The van der Waals surface area contributed by atoms with Gasteiger partial charge in [-0.3, -0.25) is 4.79 Å². The summed E-state index contributed by atoms with van der Waals surface area (Å²) in [6.07, 6.45) is -1.40. The molecule has 33 heavy (non-hydrogen) atoms. The molecule has 12 heteroatoms. The van der Waals surface area contributed by atoms with Crippen molar-refractivity contribution in [2.24, 2.45) is 5.73 Å². The first-order chi connectivity index (χ1) is 15.8. The zero-order chi connectivity index (χ0) is 23.6. The molecular formula is C21H22F3N5O4. The molecule has 1 atom stereocenters. The van der Waals surface area contributed by atoms with E-state index in [1.807, 2.05) is 4.90 Å². The van der Waals surface area contributed by atoms with Gasteiger partial charge in [0.05, 0.1) is 36.8 Å². The number of nitrogens with zero attached hydrogens (tertiary/aromatic N) is 3. The van der Waals surface area contributed by atoms with E-state index < -0.39 is 30.7 Å². The van der Waals surface area contributed by atoms with Gasteiger partial charge in [0.2, 0.25) is 5.60 Å². The minimum atomic E-state index is -4.79. The molecule has 9 nitrogen and oxygen atoms in total. The zero-order valence-corrected chi connectivity index (χ0v) is 17.4. The molecule has 1 amide bonds. The van der Waals surface area contributed by atoms with Crippen molar-refractivity contribution in [1.82, 2.24) is 9.97 Å². The number of aliphatic hydroxyl groups is 1. The lowest BCUT2D eigenvalue weighted by Gasteiger charge is -2.31. The highest BCUT2D eigenvalue weighted by atomic mass is 19.4. The predicted octanol–water partition coefficient (Wildman–Crippen LogP) is 1.48. The largest absolute Gasteiger partial charge is 0.475 e. The highest BCUT2D eigenvalue weighted by Gasteiger charge is 2.60. The number of aromatic nitrogens is 2. The minimum absolute atomic E-state index is 0.000252. The monoisotopic (exact) mass is 465 g/mol. The minimum Gasteiger partial charge on any atom is -0.475 e. The summed E-state index contributed by atoms with van der Waals surface area (Å²) < 4.78 is 51.6. The number of aliphatic hydroxyl groups excluding tert-OH is 1. The van der Waals surface area contributed by atoms with E-state index >= 15 is 0 Å². The van der Waals surface area contributed by atoms with Crippen LogP contribution >= 0.6 is 0 Å². The van der Waals surface area contributed by atoms with Crippen molar-refractivity contribution in [3.63, 3.8) is 0 Å². The number of alkyl halides is 3. The fraction of sp³-hybridized carbons (Fsp3) is 0.381. The summed E-state index contributed by atoms with van der Waals surface area (Å²) in [5, 5.41) is 12.2. The Hall–Kier alpha value is -3.38. The van der Waals surface area contributed by atoms with E-state index in [0.717, 1.165) is 6.20 Å². The number of amides is 1. The molecule has 1 aromatic carbocycles. The lowest BCUT2D eigenvalue weighted by molar-refractivity contribution is -0.252. The van der Waals surface area contributed by atoms with Gasteiger partial charge < -0.3 is 30.5 Å². The number of benzene rings is 1. The third kappa shape index (κ3) is 4.31. The molecule has 1 fully saturated rings. The smallest absolute Gasteiger partial charge is 0.430 e. The van der Waals surface area contributed by atoms with Gasteiger partial charge in [-0.1, -0.05) is 0 Å². The van der Waals surface area contributed by atoms with Gasteiger partial charge in [-0.15, -0.1) is 0 Å².